The quantitative estimate of drug-likeness (QED) is 0.848. The van der Waals surface area contributed by atoms with E-state index in [1.54, 1.807) is 7.11 Å². The van der Waals surface area contributed by atoms with Gasteiger partial charge in [0.2, 0.25) is 0 Å². The van der Waals surface area contributed by atoms with Crippen molar-refractivity contribution in [3.8, 4) is 5.75 Å². The van der Waals surface area contributed by atoms with Crippen LogP contribution in [0.3, 0.4) is 0 Å². The van der Waals surface area contributed by atoms with E-state index in [-0.39, 0.29) is 0 Å². The first-order valence-electron chi connectivity index (χ1n) is 8.76. The highest BCUT2D eigenvalue weighted by Crippen LogP contribution is 2.25. The van der Waals surface area contributed by atoms with Crippen molar-refractivity contribution in [3.63, 3.8) is 0 Å². The number of aliphatic hydroxyl groups is 1. The van der Waals surface area contributed by atoms with Gasteiger partial charge in [-0.25, -0.2) is 0 Å². The highest BCUT2D eigenvalue weighted by atomic mass is 16.5. The van der Waals surface area contributed by atoms with Crippen LogP contribution in [0.25, 0.3) is 10.8 Å². The predicted octanol–water partition coefficient (Wildman–Crippen LogP) is 2.94. The van der Waals surface area contributed by atoms with E-state index in [9.17, 15) is 5.11 Å². The van der Waals surface area contributed by atoms with Crippen LogP contribution in [-0.4, -0.2) is 56.1 Å². The highest BCUT2D eigenvalue weighted by Gasteiger charge is 2.21. The lowest BCUT2D eigenvalue weighted by atomic mass is 9.99. The van der Waals surface area contributed by atoms with E-state index in [0.717, 1.165) is 36.2 Å². The minimum atomic E-state index is -0.481. The van der Waals surface area contributed by atoms with Crippen LogP contribution >= 0.6 is 0 Å². The van der Waals surface area contributed by atoms with Gasteiger partial charge in [0.25, 0.3) is 0 Å². The van der Waals surface area contributed by atoms with E-state index in [2.05, 4.69) is 23.1 Å². The summed E-state index contributed by atoms with van der Waals surface area (Å²) in [5.74, 6) is 1.41. The fourth-order valence-corrected chi connectivity index (χ4v) is 3.55. The summed E-state index contributed by atoms with van der Waals surface area (Å²) in [6.07, 6.45) is 1.91. The predicted molar refractivity (Wildman–Crippen MR) is 96.5 cm³/mol. The molecule has 0 aromatic heterocycles. The Morgan fingerprint density at radius 1 is 1.21 bits per heavy atom. The minimum absolute atomic E-state index is 0.319. The van der Waals surface area contributed by atoms with Gasteiger partial charge in [0.05, 0.1) is 6.61 Å². The maximum Gasteiger partial charge on any atom is 0.127 e. The molecule has 1 saturated heterocycles. The maximum atomic E-state index is 10.4. The van der Waals surface area contributed by atoms with Crippen LogP contribution in [0.2, 0.25) is 0 Å². The number of hydrogen-bond acceptors (Lipinski definition) is 4. The molecule has 1 aliphatic rings. The molecule has 4 heteroatoms. The van der Waals surface area contributed by atoms with Gasteiger partial charge in [-0.3, -0.25) is 0 Å². The minimum Gasteiger partial charge on any atom is -0.490 e. The Kier molecular flexibility index (Phi) is 6.07. The molecule has 0 saturated carbocycles. The Morgan fingerprint density at radius 3 is 2.92 bits per heavy atom. The van der Waals surface area contributed by atoms with E-state index < -0.39 is 6.10 Å². The van der Waals surface area contributed by atoms with Crippen molar-refractivity contribution in [2.45, 2.75) is 18.9 Å². The summed E-state index contributed by atoms with van der Waals surface area (Å²) in [7, 11) is 1.76. The zero-order valence-electron chi connectivity index (χ0n) is 14.4. The van der Waals surface area contributed by atoms with E-state index in [4.69, 9.17) is 9.47 Å². The summed E-state index contributed by atoms with van der Waals surface area (Å²) >= 11 is 0. The number of likely N-dealkylation sites (tertiary alicyclic amines) is 1. The Labute approximate surface area is 144 Å². The molecule has 2 unspecified atom stereocenters. The SMILES string of the molecule is COCC1CCCN(CC(O)COc2cccc3ccccc23)C1. The molecule has 4 nitrogen and oxygen atoms in total. The van der Waals surface area contributed by atoms with E-state index in [1.807, 2.05) is 24.3 Å². The van der Waals surface area contributed by atoms with Gasteiger partial charge in [0.15, 0.2) is 0 Å². The Hall–Kier alpha value is -1.62. The molecule has 1 heterocycles. The number of nitrogens with zero attached hydrogens (tertiary/aromatic N) is 1. The number of piperidine rings is 1. The molecule has 0 spiro atoms. The molecule has 3 rings (SSSR count). The first-order valence-corrected chi connectivity index (χ1v) is 8.76. The number of ether oxygens (including phenoxy) is 2. The van der Waals surface area contributed by atoms with Crippen molar-refractivity contribution in [3.05, 3.63) is 42.5 Å². The average Bonchev–Trinajstić information content (AvgIpc) is 2.60. The Morgan fingerprint density at radius 2 is 2.04 bits per heavy atom. The average molecular weight is 329 g/mol. The lowest BCUT2D eigenvalue weighted by Gasteiger charge is -2.33. The number of aliphatic hydroxyl groups excluding tert-OH is 1. The third kappa shape index (κ3) is 4.47. The van der Waals surface area contributed by atoms with Gasteiger partial charge < -0.3 is 19.5 Å². The summed E-state index contributed by atoms with van der Waals surface area (Å²) < 4.78 is 11.2. The van der Waals surface area contributed by atoms with Gasteiger partial charge in [-0.05, 0) is 36.8 Å². The molecular formula is C20H27NO3. The van der Waals surface area contributed by atoms with Crippen molar-refractivity contribution in [2.24, 2.45) is 5.92 Å². The number of β-amino-alcohol motifs (C(OH)–C–C–N with tert-alkyl or cyclic N) is 1. The van der Waals surface area contributed by atoms with Crippen molar-refractivity contribution in [1.29, 1.82) is 0 Å². The zero-order chi connectivity index (χ0) is 16.8. The fourth-order valence-electron chi connectivity index (χ4n) is 3.55. The number of benzene rings is 2. The smallest absolute Gasteiger partial charge is 0.127 e. The van der Waals surface area contributed by atoms with Crippen LogP contribution in [0.5, 0.6) is 5.75 Å². The molecule has 0 bridgehead atoms. The van der Waals surface area contributed by atoms with Crippen LogP contribution in [0, 0.1) is 5.92 Å². The van der Waals surface area contributed by atoms with Gasteiger partial charge in [-0.2, -0.15) is 0 Å². The summed E-state index contributed by atoms with van der Waals surface area (Å²) in [6.45, 7) is 3.83. The standard InChI is InChI=1S/C20H27NO3/c1-23-14-16-6-5-11-21(12-16)13-18(22)15-24-20-10-4-8-17-7-2-3-9-19(17)20/h2-4,7-10,16,18,22H,5-6,11-15H2,1H3. The van der Waals surface area contributed by atoms with Crippen molar-refractivity contribution >= 4 is 10.8 Å². The van der Waals surface area contributed by atoms with Gasteiger partial charge in [-0.1, -0.05) is 36.4 Å². The molecule has 24 heavy (non-hydrogen) atoms. The summed E-state index contributed by atoms with van der Waals surface area (Å²) in [4.78, 5) is 2.32. The third-order valence-electron chi connectivity index (χ3n) is 4.66. The molecule has 2 aromatic rings. The second-order valence-electron chi connectivity index (χ2n) is 6.67. The Bertz CT molecular complexity index is 638. The van der Waals surface area contributed by atoms with Crippen molar-refractivity contribution in [1.82, 2.24) is 4.90 Å². The van der Waals surface area contributed by atoms with Crippen LogP contribution in [0.1, 0.15) is 12.8 Å². The molecular weight excluding hydrogens is 302 g/mol. The topological polar surface area (TPSA) is 41.9 Å². The molecule has 1 fully saturated rings. The molecule has 130 valence electrons. The molecule has 0 amide bonds. The first kappa shape index (κ1) is 17.2. The van der Waals surface area contributed by atoms with Gasteiger partial charge in [0, 0.05) is 25.6 Å². The molecule has 2 atom stereocenters. The number of fused-ring (bicyclic) bond motifs is 1. The monoisotopic (exact) mass is 329 g/mol. The van der Waals surface area contributed by atoms with Gasteiger partial charge in [-0.15, -0.1) is 0 Å². The number of rotatable bonds is 7. The normalized spacial score (nSPS) is 20.2. The zero-order valence-corrected chi connectivity index (χ0v) is 14.4. The van der Waals surface area contributed by atoms with Crippen LogP contribution in [0.4, 0.5) is 0 Å². The van der Waals surface area contributed by atoms with Gasteiger partial charge >= 0.3 is 0 Å². The first-order chi connectivity index (χ1) is 11.8. The Balaban J connectivity index is 1.52. The number of hydrogen-bond donors (Lipinski definition) is 1. The molecule has 2 aromatic carbocycles. The van der Waals surface area contributed by atoms with Crippen LogP contribution < -0.4 is 4.74 Å². The maximum absolute atomic E-state index is 10.4. The second-order valence-corrected chi connectivity index (χ2v) is 6.67. The van der Waals surface area contributed by atoms with Gasteiger partial charge in [0.1, 0.15) is 18.5 Å². The van der Waals surface area contributed by atoms with Crippen LogP contribution in [0.15, 0.2) is 42.5 Å². The van der Waals surface area contributed by atoms with Crippen LogP contribution in [-0.2, 0) is 4.74 Å². The molecule has 1 N–H and O–H groups in total. The summed E-state index contributed by atoms with van der Waals surface area (Å²) in [5, 5.41) is 12.6. The summed E-state index contributed by atoms with van der Waals surface area (Å²) in [6, 6.07) is 14.2. The van der Waals surface area contributed by atoms with E-state index in [1.165, 1.54) is 12.8 Å². The third-order valence-corrected chi connectivity index (χ3v) is 4.66. The van der Waals surface area contributed by atoms with E-state index >= 15 is 0 Å². The molecule has 1 aliphatic heterocycles. The van der Waals surface area contributed by atoms with Crippen molar-refractivity contribution < 1.29 is 14.6 Å². The van der Waals surface area contributed by atoms with E-state index in [0.29, 0.717) is 19.1 Å². The lowest BCUT2D eigenvalue weighted by Crippen LogP contribution is -2.42. The summed E-state index contributed by atoms with van der Waals surface area (Å²) in [5.41, 5.74) is 0. The number of methoxy groups -OCH3 is 1. The second kappa shape index (κ2) is 8.47. The molecule has 0 radical (unpaired) electrons. The molecule has 0 aliphatic carbocycles. The highest BCUT2D eigenvalue weighted by molar-refractivity contribution is 5.88. The lowest BCUT2D eigenvalue weighted by molar-refractivity contribution is 0.0374. The van der Waals surface area contributed by atoms with Crippen molar-refractivity contribution in [2.75, 3.05) is 40.0 Å². The largest absolute Gasteiger partial charge is 0.490 e. The fraction of sp³-hybridized carbons (Fsp3) is 0.500.